The second-order valence-corrected chi connectivity index (χ2v) is 17.6. The van der Waals surface area contributed by atoms with Gasteiger partial charge in [0, 0.05) is 18.9 Å². The van der Waals surface area contributed by atoms with E-state index in [1.807, 2.05) is 0 Å². The molecule has 0 radical (unpaired) electrons. The van der Waals surface area contributed by atoms with Crippen LogP contribution in [0.1, 0.15) is 86.5 Å². The predicted molar refractivity (Wildman–Crippen MR) is 132 cm³/mol. The third-order valence-electron chi connectivity index (χ3n) is 10.3. The van der Waals surface area contributed by atoms with Gasteiger partial charge in [-0.25, -0.2) is 0 Å². The maximum atomic E-state index is 13.2. The second kappa shape index (κ2) is 9.17. The van der Waals surface area contributed by atoms with Crippen LogP contribution in [0.15, 0.2) is 0 Å². The SMILES string of the molecule is CCC(O[Si](C)(C)C(C)(C)C)[C@@H]1C[C@@H](C)[C@@](C)(C(=O)OC)[C@H]2CC[C@@H]3CC(=O)CC[C@H]3[C@H]12. The molecule has 8 atom stereocenters. The lowest BCUT2D eigenvalue weighted by Crippen LogP contribution is -2.59. The van der Waals surface area contributed by atoms with E-state index in [4.69, 9.17) is 9.16 Å². The normalized spacial score (nSPS) is 39.1. The molecule has 184 valence electrons. The number of rotatable bonds is 5. The largest absolute Gasteiger partial charge is 0.469 e. The summed E-state index contributed by atoms with van der Waals surface area (Å²) in [5, 5.41) is 0.174. The van der Waals surface area contributed by atoms with Gasteiger partial charge < -0.3 is 9.16 Å². The topological polar surface area (TPSA) is 52.6 Å². The van der Waals surface area contributed by atoms with Crippen molar-refractivity contribution in [2.75, 3.05) is 7.11 Å². The van der Waals surface area contributed by atoms with Crippen molar-refractivity contribution in [3.05, 3.63) is 0 Å². The molecule has 0 amide bonds. The number of hydrogen-bond donors (Lipinski definition) is 0. The Bertz CT molecular complexity index is 711. The third kappa shape index (κ3) is 4.37. The van der Waals surface area contributed by atoms with E-state index in [2.05, 4.69) is 54.6 Å². The number of hydrogen-bond acceptors (Lipinski definition) is 4. The maximum absolute atomic E-state index is 13.2. The molecule has 0 aliphatic heterocycles. The van der Waals surface area contributed by atoms with Crippen molar-refractivity contribution in [1.82, 2.24) is 0 Å². The number of methoxy groups -OCH3 is 1. The summed E-state index contributed by atoms with van der Waals surface area (Å²) in [6, 6.07) is 0. The lowest BCUT2D eigenvalue weighted by atomic mass is 9.45. The molecule has 0 saturated heterocycles. The molecule has 0 bridgehead atoms. The molecule has 0 aromatic heterocycles. The van der Waals surface area contributed by atoms with Gasteiger partial charge in [-0.3, -0.25) is 9.59 Å². The second-order valence-electron chi connectivity index (χ2n) is 12.9. The molecule has 3 aliphatic rings. The fourth-order valence-electron chi connectivity index (χ4n) is 7.31. The van der Waals surface area contributed by atoms with Crippen molar-refractivity contribution in [3.8, 4) is 0 Å². The average molecular weight is 465 g/mol. The van der Waals surface area contributed by atoms with Crippen LogP contribution >= 0.6 is 0 Å². The Hall–Kier alpha value is -0.683. The minimum Gasteiger partial charge on any atom is -0.469 e. The van der Waals surface area contributed by atoms with Gasteiger partial charge in [-0.05, 0) is 92.7 Å². The first-order valence-electron chi connectivity index (χ1n) is 13.1. The van der Waals surface area contributed by atoms with Gasteiger partial charge in [-0.2, -0.15) is 0 Å². The smallest absolute Gasteiger partial charge is 0.312 e. The number of ether oxygens (including phenoxy) is 1. The van der Waals surface area contributed by atoms with Gasteiger partial charge >= 0.3 is 5.97 Å². The van der Waals surface area contributed by atoms with Crippen LogP contribution in [-0.4, -0.2) is 33.3 Å². The van der Waals surface area contributed by atoms with Crippen molar-refractivity contribution in [2.45, 2.75) is 111 Å². The van der Waals surface area contributed by atoms with Crippen LogP contribution in [0.3, 0.4) is 0 Å². The molecule has 0 heterocycles. The van der Waals surface area contributed by atoms with Crippen molar-refractivity contribution >= 4 is 20.1 Å². The standard InChI is InChI=1S/C27H48O4Si/c1-10-23(31-32(8,9)26(3,4)5)21-15-17(2)27(6,25(29)30-7)22-14-11-18-16-19(28)12-13-20(18)24(21)22/h17-18,20-24H,10-16H2,1-9H3/t17-,18-,20-,21+,22+,23?,24-,27-/m1/s1. The number of fused-ring (bicyclic) bond motifs is 3. The first-order chi connectivity index (χ1) is 14.8. The predicted octanol–water partition coefficient (Wildman–Crippen LogP) is 6.63. The van der Waals surface area contributed by atoms with E-state index in [1.54, 1.807) is 7.11 Å². The fraction of sp³-hybridized carbons (Fsp3) is 0.926. The van der Waals surface area contributed by atoms with E-state index in [0.717, 1.165) is 38.5 Å². The monoisotopic (exact) mass is 464 g/mol. The van der Waals surface area contributed by atoms with Gasteiger partial charge in [0.1, 0.15) is 5.78 Å². The van der Waals surface area contributed by atoms with Crippen molar-refractivity contribution in [2.24, 2.45) is 40.9 Å². The molecule has 3 fully saturated rings. The van der Waals surface area contributed by atoms with Crippen molar-refractivity contribution in [3.63, 3.8) is 0 Å². The zero-order valence-electron chi connectivity index (χ0n) is 22.1. The highest BCUT2D eigenvalue weighted by molar-refractivity contribution is 6.74. The van der Waals surface area contributed by atoms with Gasteiger partial charge in [0.05, 0.1) is 12.5 Å². The lowest BCUT2D eigenvalue weighted by Gasteiger charge is -2.60. The quantitative estimate of drug-likeness (QED) is 0.338. The number of Topliss-reactive ketones (excluding diaryl/α,β-unsaturated/α-hetero) is 1. The summed E-state index contributed by atoms with van der Waals surface area (Å²) >= 11 is 0. The summed E-state index contributed by atoms with van der Waals surface area (Å²) in [6.45, 7) is 18.4. The molecular weight excluding hydrogens is 416 g/mol. The molecule has 5 heteroatoms. The molecule has 0 aromatic carbocycles. The van der Waals surface area contributed by atoms with E-state index in [-0.39, 0.29) is 23.0 Å². The first-order valence-corrected chi connectivity index (χ1v) is 16.0. The van der Waals surface area contributed by atoms with Gasteiger partial charge in [-0.1, -0.05) is 34.6 Å². The Balaban J connectivity index is 2.01. The van der Waals surface area contributed by atoms with E-state index >= 15 is 0 Å². The highest BCUT2D eigenvalue weighted by Crippen LogP contribution is 2.62. The van der Waals surface area contributed by atoms with Gasteiger partial charge in [0.25, 0.3) is 0 Å². The van der Waals surface area contributed by atoms with E-state index in [1.165, 1.54) is 0 Å². The fourth-order valence-corrected chi connectivity index (χ4v) is 8.76. The number of carbonyl (C=O) groups excluding carboxylic acids is 2. The van der Waals surface area contributed by atoms with Crippen LogP contribution in [-0.2, 0) is 18.8 Å². The molecule has 0 N–H and O–H groups in total. The zero-order valence-corrected chi connectivity index (χ0v) is 23.1. The average Bonchev–Trinajstić information content (AvgIpc) is 2.72. The van der Waals surface area contributed by atoms with Crippen LogP contribution in [0.5, 0.6) is 0 Å². The molecule has 0 spiro atoms. The Morgan fingerprint density at radius 1 is 1.22 bits per heavy atom. The van der Waals surface area contributed by atoms with Crippen LogP contribution in [0.2, 0.25) is 18.1 Å². The van der Waals surface area contributed by atoms with E-state index in [0.29, 0.717) is 41.8 Å². The Kier molecular flexibility index (Phi) is 7.43. The number of carbonyl (C=O) groups is 2. The highest BCUT2D eigenvalue weighted by Gasteiger charge is 2.61. The van der Waals surface area contributed by atoms with Crippen LogP contribution in [0, 0.1) is 40.9 Å². The van der Waals surface area contributed by atoms with Gasteiger partial charge in [-0.15, -0.1) is 0 Å². The highest BCUT2D eigenvalue weighted by atomic mass is 28.4. The van der Waals surface area contributed by atoms with Crippen molar-refractivity contribution < 1.29 is 18.8 Å². The van der Waals surface area contributed by atoms with Gasteiger partial charge in [0.15, 0.2) is 8.32 Å². The van der Waals surface area contributed by atoms with Crippen molar-refractivity contribution in [1.29, 1.82) is 0 Å². The molecule has 0 aromatic rings. The molecule has 4 nitrogen and oxygen atoms in total. The van der Waals surface area contributed by atoms with Crippen LogP contribution < -0.4 is 0 Å². The Morgan fingerprint density at radius 3 is 2.44 bits per heavy atom. The van der Waals surface area contributed by atoms with E-state index < -0.39 is 13.7 Å². The molecule has 1 unspecified atom stereocenters. The van der Waals surface area contributed by atoms with Crippen LogP contribution in [0.4, 0.5) is 0 Å². The summed E-state index contributed by atoms with van der Waals surface area (Å²) in [5.41, 5.74) is -0.447. The van der Waals surface area contributed by atoms with E-state index in [9.17, 15) is 9.59 Å². The number of esters is 1. The first kappa shape index (κ1) is 25.9. The summed E-state index contributed by atoms with van der Waals surface area (Å²) in [4.78, 5) is 25.5. The van der Waals surface area contributed by atoms with Gasteiger partial charge in [0.2, 0.25) is 0 Å². The summed E-state index contributed by atoms with van der Waals surface area (Å²) < 4.78 is 12.5. The minimum absolute atomic E-state index is 0.0397. The Morgan fingerprint density at radius 2 is 1.88 bits per heavy atom. The molecule has 3 aliphatic carbocycles. The summed E-state index contributed by atoms with van der Waals surface area (Å²) in [7, 11) is -0.373. The third-order valence-corrected chi connectivity index (χ3v) is 14.8. The molecule has 3 saturated carbocycles. The minimum atomic E-state index is -1.92. The number of ketones is 1. The summed E-state index contributed by atoms with van der Waals surface area (Å²) in [5.74, 6) is 2.89. The summed E-state index contributed by atoms with van der Waals surface area (Å²) in [6.07, 6.45) is 6.79. The van der Waals surface area contributed by atoms with Crippen LogP contribution in [0.25, 0.3) is 0 Å². The lowest BCUT2D eigenvalue weighted by molar-refractivity contribution is -0.182. The zero-order chi connectivity index (χ0) is 24.1. The molecule has 3 rings (SSSR count). The molecule has 32 heavy (non-hydrogen) atoms. The Labute approximate surface area is 197 Å². The maximum Gasteiger partial charge on any atom is 0.312 e. The molecular formula is C27H48O4Si.